The molecule has 0 fully saturated rings. The second-order valence-corrected chi connectivity index (χ2v) is 3.92. The topological polar surface area (TPSA) is 68.3 Å². The van der Waals surface area contributed by atoms with E-state index in [4.69, 9.17) is 10.2 Å². The fraction of sp³-hybridized carbons (Fsp3) is 0.583. The molecule has 3 N–H and O–H groups in total. The minimum absolute atomic E-state index is 0.0601. The lowest BCUT2D eigenvalue weighted by atomic mass is 10.1. The number of furan rings is 1. The molecule has 0 aliphatic rings. The van der Waals surface area contributed by atoms with Gasteiger partial charge in [0.05, 0.1) is 11.8 Å². The van der Waals surface area contributed by atoms with Gasteiger partial charge in [-0.15, -0.1) is 0 Å². The first-order valence-electron chi connectivity index (χ1n) is 5.76. The van der Waals surface area contributed by atoms with Crippen LogP contribution in [0, 0.1) is 0 Å². The lowest BCUT2D eigenvalue weighted by molar-refractivity contribution is 0.0936. The van der Waals surface area contributed by atoms with Crippen LogP contribution in [0.15, 0.2) is 16.7 Å². The van der Waals surface area contributed by atoms with Crippen molar-refractivity contribution in [3.05, 3.63) is 23.7 Å². The summed E-state index contributed by atoms with van der Waals surface area (Å²) >= 11 is 0. The predicted octanol–water partition coefficient (Wildman–Crippen LogP) is 1.70. The van der Waals surface area contributed by atoms with E-state index in [2.05, 4.69) is 5.32 Å². The Labute approximate surface area is 96.2 Å². The number of amides is 1. The van der Waals surface area contributed by atoms with Gasteiger partial charge in [-0.2, -0.15) is 0 Å². The van der Waals surface area contributed by atoms with Crippen molar-refractivity contribution >= 4 is 5.91 Å². The summed E-state index contributed by atoms with van der Waals surface area (Å²) < 4.78 is 5.22. The van der Waals surface area contributed by atoms with Crippen LogP contribution in [0.4, 0.5) is 0 Å². The molecule has 0 aliphatic heterocycles. The van der Waals surface area contributed by atoms with Crippen LogP contribution in [0.1, 0.15) is 42.8 Å². The molecule has 0 aromatic carbocycles. The van der Waals surface area contributed by atoms with Gasteiger partial charge in [0, 0.05) is 12.5 Å². The zero-order valence-corrected chi connectivity index (χ0v) is 9.95. The van der Waals surface area contributed by atoms with Crippen molar-refractivity contribution in [3.8, 4) is 0 Å². The summed E-state index contributed by atoms with van der Waals surface area (Å²) in [7, 11) is 0. The Morgan fingerprint density at radius 1 is 1.62 bits per heavy atom. The molecule has 1 heterocycles. The van der Waals surface area contributed by atoms with E-state index in [1.54, 1.807) is 12.3 Å². The third-order valence-electron chi connectivity index (χ3n) is 2.53. The smallest absolute Gasteiger partial charge is 0.255 e. The summed E-state index contributed by atoms with van der Waals surface area (Å²) in [5, 5.41) is 2.94. The maximum Gasteiger partial charge on any atom is 0.255 e. The molecule has 90 valence electrons. The Bertz CT molecular complexity index is 334. The van der Waals surface area contributed by atoms with E-state index < -0.39 is 0 Å². The molecule has 1 amide bonds. The molecular weight excluding hydrogens is 204 g/mol. The molecule has 4 heteroatoms. The molecule has 1 unspecified atom stereocenters. The van der Waals surface area contributed by atoms with Gasteiger partial charge in [0.1, 0.15) is 5.76 Å². The van der Waals surface area contributed by atoms with Crippen LogP contribution in [0.3, 0.4) is 0 Å². The average Bonchev–Trinajstić information content (AvgIpc) is 2.74. The van der Waals surface area contributed by atoms with Crippen molar-refractivity contribution in [2.45, 2.75) is 39.2 Å². The first-order chi connectivity index (χ1) is 7.69. The van der Waals surface area contributed by atoms with Crippen LogP contribution in [0.25, 0.3) is 0 Å². The highest BCUT2D eigenvalue weighted by atomic mass is 16.3. The standard InChI is InChI=1S/C12H20N2O2/c1-3-11-10(6-8-16-11)12(15)14-9(2)5-4-7-13/h6,8-9H,3-5,7,13H2,1-2H3,(H,14,15). The van der Waals surface area contributed by atoms with Crippen molar-refractivity contribution in [2.24, 2.45) is 5.73 Å². The van der Waals surface area contributed by atoms with E-state index in [1.165, 1.54) is 0 Å². The number of hydrogen-bond acceptors (Lipinski definition) is 3. The molecule has 0 saturated carbocycles. The number of nitrogens with one attached hydrogen (secondary N) is 1. The lowest BCUT2D eigenvalue weighted by Crippen LogP contribution is -2.33. The highest BCUT2D eigenvalue weighted by Crippen LogP contribution is 2.11. The van der Waals surface area contributed by atoms with Gasteiger partial charge in [-0.25, -0.2) is 0 Å². The minimum Gasteiger partial charge on any atom is -0.469 e. The summed E-state index contributed by atoms with van der Waals surface area (Å²) in [5.74, 6) is 0.679. The summed E-state index contributed by atoms with van der Waals surface area (Å²) in [6.07, 6.45) is 4.11. The number of hydrogen-bond donors (Lipinski definition) is 2. The first-order valence-corrected chi connectivity index (χ1v) is 5.76. The van der Waals surface area contributed by atoms with E-state index in [0.29, 0.717) is 12.1 Å². The van der Waals surface area contributed by atoms with Crippen LogP contribution in [-0.4, -0.2) is 18.5 Å². The molecule has 0 radical (unpaired) electrons. The van der Waals surface area contributed by atoms with Crippen LogP contribution in [0.5, 0.6) is 0 Å². The Morgan fingerprint density at radius 2 is 2.38 bits per heavy atom. The second kappa shape index (κ2) is 6.33. The van der Waals surface area contributed by atoms with Crippen LogP contribution in [0.2, 0.25) is 0 Å². The molecule has 0 bridgehead atoms. The second-order valence-electron chi connectivity index (χ2n) is 3.92. The number of carbonyl (C=O) groups excluding carboxylic acids is 1. The van der Waals surface area contributed by atoms with Crippen molar-refractivity contribution in [2.75, 3.05) is 6.54 Å². The number of nitrogens with two attached hydrogens (primary N) is 1. The average molecular weight is 224 g/mol. The molecule has 1 atom stereocenters. The van der Waals surface area contributed by atoms with Crippen LogP contribution in [-0.2, 0) is 6.42 Å². The SMILES string of the molecule is CCc1occc1C(=O)NC(C)CCCN. The summed E-state index contributed by atoms with van der Waals surface area (Å²) in [5.41, 5.74) is 6.06. The Balaban J connectivity index is 2.52. The maximum atomic E-state index is 11.9. The van der Waals surface area contributed by atoms with Crippen LogP contribution < -0.4 is 11.1 Å². The summed E-state index contributed by atoms with van der Waals surface area (Å²) in [6, 6.07) is 1.86. The van der Waals surface area contributed by atoms with Gasteiger partial charge in [0.25, 0.3) is 5.91 Å². The Kier molecular flexibility index (Phi) is 5.05. The molecular formula is C12H20N2O2. The molecule has 0 aliphatic carbocycles. The van der Waals surface area contributed by atoms with E-state index in [-0.39, 0.29) is 11.9 Å². The van der Waals surface area contributed by atoms with Crippen molar-refractivity contribution < 1.29 is 9.21 Å². The third kappa shape index (κ3) is 3.38. The molecule has 1 aromatic rings. The van der Waals surface area contributed by atoms with Crippen LogP contribution >= 0.6 is 0 Å². The van der Waals surface area contributed by atoms with Crippen molar-refractivity contribution in [3.63, 3.8) is 0 Å². The number of carbonyl (C=O) groups is 1. The van der Waals surface area contributed by atoms with Crippen molar-refractivity contribution in [1.29, 1.82) is 0 Å². The van der Waals surface area contributed by atoms with E-state index >= 15 is 0 Å². The van der Waals surface area contributed by atoms with Gasteiger partial charge >= 0.3 is 0 Å². The number of rotatable bonds is 6. The molecule has 1 rings (SSSR count). The van der Waals surface area contributed by atoms with Gasteiger partial charge in [0.2, 0.25) is 0 Å². The largest absolute Gasteiger partial charge is 0.469 e. The fourth-order valence-corrected chi connectivity index (χ4v) is 1.61. The molecule has 16 heavy (non-hydrogen) atoms. The first kappa shape index (κ1) is 12.8. The maximum absolute atomic E-state index is 11.9. The molecule has 0 saturated heterocycles. The number of aryl methyl sites for hydroxylation is 1. The van der Waals surface area contributed by atoms with E-state index in [1.807, 2.05) is 13.8 Å². The predicted molar refractivity (Wildman–Crippen MR) is 63.3 cm³/mol. The quantitative estimate of drug-likeness (QED) is 0.772. The molecule has 0 spiro atoms. The highest BCUT2D eigenvalue weighted by Gasteiger charge is 2.14. The minimum atomic E-state index is -0.0601. The van der Waals surface area contributed by atoms with Gasteiger partial charge in [0.15, 0.2) is 0 Å². The third-order valence-corrected chi connectivity index (χ3v) is 2.53. The molecule has 1 aromatic heterocycles. The fourth-order valence-electron chi connectivity index (χ4n) is 1.61. The Morgan fingerprint density at radius 3 is 3.00 bits per heavy atom. The normalized spacial score (nSPS) is 12.4. The van der Waals surface area contributed by atoms with E-state index in [9.17, 15) is 4.79 Å². The Hall–Kier alpha value is -1.29. The zero-order valence-electron chi connectivity index (χ0n) is 9.95. The van der Waals surface area contributed by atoms with Gasteiger partial charge in [-0.1, -0.05) is 6.92 Å². The highest BCUT2D eigenvalue weighted by molar-refractivity contribution is 5.95. The summed E-state index contributed by atoms with van der Waals surface area (Å²) in [6.45, 7) is 4.61. The zero-order chi connectivity index (χ0) is 12.0. The summed E-state index contributed by atoms with van der Waals surface area (Å²) in [4.78, 5) is 11.9. The molecule has 4 nitrogen and oxygen atoms in total. The van der Waals surface area contributed by atoms with Gasteiger partial charge in [-0.3, -0.25) is 4.79 Å². The lowest BCUT2D eigenvalue weighted by Gasteiger charge is -2.12. The monoisotopic (exact) mass is 224 g/mol. The van der Waals surface area contributed by atoms with Gasteiger partial charge in [-0.05, 0) is 32.4 Å². The van der Waals surface area contributed by atoms with Gasteiger partial charge < -0.3 is 15.5 Å². The van der Waals surface area contributed by atoms with Crippen molar-refractivity contribution in [1.82, 2.24) is 5.32 Å². The van der Waals surface area contributed by atoms with E-state index in [0.717, 1.165) is 25.0 Å².